The number of hydrogen-bond donors (Lipinski definition) is 0. The van der Waals surface area contributed by atoms with Crippen LogP contribution >= 0.6 is 45.2 Å². The van der Waals surface area contributed by atoms with Gasteiger partial charge in [-0.25, -0.2) is 0 Å². The van der Waals surface area contributed by atoms with Crippen LogP contribution in [0.2, 0.25) is 0 Å². The minimum atomic E-state index is -0.190. The molecule has 0 aromatic carbocycles. The number of aromatic nitrogens is 1. The monoisotopic (exact) mass is 485 g/mol. The lowest BCUT2D eigenvalue weighted by Crippen LogP contribution is -2.25. The number of alkyl halides is 1. The fourth-order valence-corrected chi connectivity index (χ4v) is 4.99. The minimum absolute atomic E-state index is 0.190. The molecule has 1 aliphatic carbocycles. The molecule has 0 fully saturated rings. The van der Waals surface area contributed by atoms with Crippen molar-refractivity contribution in [3.05, 3.63) is 38.8 Å². The zero-order chi connectivity index (χ0) is 13.9. The number of allylic oxidation sites excluding steroid dienone is 2. The molecule has 1 heterocycles. The van der Waals surface area contributed by atoms with Crippen molar-refractivity contribution in [1.29, 1.82) is 0 Å². The van der Waals surface area contributed by atoms with Crippen molar-refractivity contribution in [2.75, 3.05) is 6.61 Å². The summed E-state index contributed by atoms with van der Waals surface area (Å²) in [5.41, 5.74) is 2.21. The highest BCUT2D eigenvalue weighted by atomic mass is 127. The predicted octanol–water partition coefficient (Wildman–Crippen LogP) is 4.73. The molecule has 0 spiro atoms. The first kappa shape index (κ1) is 15.5. The summed E-state index contributed by atoms with van der Waals surface area (Å²) < 4.78 is 12.4. The van der Waals surface area contributed by atoms with Gasteiger partial charge in [-0.15, -0.1) is 0 Å². The number of aryl methyl sites for hydroxylation is 2. The average Bonchev–Trinajstić information content (AvgIpc) is 2.69. The van der Waals surface area contributed by atoms with E-state index in [0.717, 1.165) is 37.3 Å². The van der Waals surface area contributed by atoms with Crippen LogP contribution in [-0.4, -0.2) is 15.4 Å². The Kier molecular flexibility index (Phi) is 5.47. The van der Waals surface area contributed by atoms with Crippen molar-refractivity contribution >= 4 is 45.2 Å². The number of ether oxygens (including phenoxy) is 1. The van der Waals surface area contributed by atoms with E-state index in [1.54, 1.807) is 0 Å². The predicted molar refractivity (Wildman–Crippen MR) is 92.7 cm³/mol. The number of hydrogen-bond acceptors (Lipinski definition) is 3. The van der Waals surface area contributed by atoms with Crippen LogP contribution in [0.25, 0.3) is 0 Å². The van der Waals surface area contributed by atoms with Gasteiger partial charge in [0.1, 0.15) is 9.37 Å². The first-order valence-corrected chi connectivity index (χ1v) is 8.43. The van der Waals surface area contributed by atoms with Crippen molar-refractivity contribution < 1.29 is 9.26 Å². The smallest absolute Gasteiger partial charge is 0.142 e. The first-order chi connectivity index (χ1) is 8.97. The van der Waals surface area contributed by atoms with E-state index in [-0.39, 0.29) is 3.61 Å². The Hall–Kier alpha value is 0.110. The molecule has 104 valence electrons. The van der Waals surface area contributed by atoms with Crippen LogP contribution in [0.5, 0.6) is 0 Å². The second-order valence-corrected chi connectivity index (χ2v) is 8.04. The van der Waals surface area contributed by atoms with E-state index >= 15 is 0 Å². The third kappa shape index (κ3) is 4.86. The number of nitrogens with zero attached hydrogens (tertiary/aromatic N) is 1. The molecule has 0 N–H and O–H groups in total. The lowest BCUT2D eigenvalue weighted by atomic mass is 10.1. The van der Waals surface area contributed by atoms with Gasteiger partial charge in [-0.3, -0.25) is 0 Å². The molecule has 0 amide bonds. The van der Waals surface area contributed by atoms with Crippen LogP contribution in [0.15, 0.2) is 31.9 Å². The topological polar surface area (TPSA) is 35.3 Å². The molecule has 0 aliphatic heterocycles. The van der Waals surface area contributed by atoms with E-state index < -0.39 is 0 Å². The SMILES string of the molecule is CC1=CC(I)(OCCCc2cc(C)no2)CC(I)=C1. The van der Waals surface area contributed by atoms with E-state index in [4.69, 9.17) is 9.26 Å². The Balaban J connectivity index is 1.78. The van der Waals surface area contributed by atoms with Gasteiger partial charge >= 0.3 is 0 Å². The van der Waals surface area contributed by atoms with Crippen molar-refractivity contribution in [1.82, 2.24) is 5.16 Å². The quantitative estimate of drug-likeness (QED) is 0.344. The van der Waals surface area contributed by atoms with Gasteiger partial charge in [0, 0.05) is 25.5 Å². The van der Waals surface area contributed by atoms with Gasteiger partial charge in [0.15, 0.2) is 0 Å². The molecule has 0 saturated heterocycles. The molecule has 2 rings (SSSR count). The van der Waals surface area contributed by atoms with Crippen molar-refractivity contribution in [3.63, 3.8) is 0 Å². The van der Waals surface area contributed by atoms with Crippen LogP contribution in [0, 0.1) is 6.92 Å². The molecule has 1 aromatic rings. The molecule has 5 heteroatoms. The van der Waals surface area contributed by atoms with Crippen LogP contribution < -0.4 is 0 Å². The fourth-order valence-electron chi connectivity index (χ4n) is 2.08. The zero-order valence-corrected chi connectivity index (χ0v) is 15.4. The number of rotatable bonds is 5. The van der Waals surface area contributed by atoms with Gasteiger partial charge in [0.2, 0.25) is 0 Å². The lowest BCUT2D eigenvalue weighted by molar-refractivity contribution is 0.0705. The molecule has 1 unspecified atom stereocenters. The Morgan fingerprint density at radius 2 is 2.26 bits per heavy atom. The molecule has 3 nitrogen and oxygen atoms in total. The normalized spacial score (nSPS) is 23.2. The molecule has 0 saturated carbocycles. The third-order valence-electron chi connectivity index (χ3n) is 2.82. The van der Waals surface area contributed by atoms with Crippen LogP contribution in [0.4, 0.5) is 0 Å². The Bertz CT molecular complexity index is 507. The van der Waals surface area contributed by atoms with E-state index in [0.29, 0.717) is 0 Å². The number of halogens is 2. The highest BCUT2D eigenvalue weighted by molar-refractivity contribution is 14.1. The maximum absolute atomic E-state index is 6.04. The molecule has 0 bridgehead atoms. The largest absolute Gasteiger partial charge is 0.361 e. The second kappa shape index (κ2) is 6.71. The maximum Gasteiger partial charge on any atom is 0.142 e. The van der Waals surface area contributed by atoms with Gasteiger partial charge in [-0.1, -0.05) is 16.8 Å². The highest BCUT2D eigenvalue weighted by Gasteiger charge is 2.28. The molecule has 0 radical (unpaired) electrons. The molecule has 1 atom stereocenters. The Morgan fingerprint density at radius 1 is 1.47 bits per heavy atom. The van der Waals surface area contributed by atoms with Crippen molar-refractivity contribution in [2.24, 2.45) is 0 Å². The summed E-state index contributed by atoms with van der Waals surface area (Å²) in [6, 6.07) is 1.98. The van der Waals surface area contributed by atoms with Crippen LogP contribution in [-0.2, 0) is 11.2 Å². The van der Waals surface area contributed by atoms with E-state index in [1.807, 2.05) is 13.0 Å². The average molecular weight is 485 g/mol. The van der Waals surface area contributed by atoms with Gasteiger partial charge in [-0.2, -0.15) is 0 Å². The molecular weight excluding hydrogens is 468 g/mol. The lowest BCUT2D eigenvalue weighted by Gasteiger charge is -2.28. The molecule has 19 heavy (non-hydrogen) atoms. The third-order valence-corrected chi connectivity index (χ3v) is 4.52. The summed E-state index contributed by atoms with van der Waals surface area (Å²) in [6.07, 6.45) is 7.19. The molecule has 1 aromatic heterocycles. The van der Waals surface area contributed by atoms with Gasteiger partial charge in [0.25, 0.3) is 0 Å². The molecule has 1 aliphatic rings. The van der Waals surface area contributed by atoms with E-state index in [2.05, 4.69) is 69.4 Å². The van der Waals surface area contributed by atoms with Crippen molar-refractivity contribution in [2.45, 2.75) is 36.7 Å². The van der Waals surface area contributed by atoms with Gasteiger partial charge in [0.05, 0.1) is 5.69 Å². The Labute approximate surface area is 141 Å². The second-order valence-electron chi connectivity index (χ2n) is 4.83. The van der Waals surface area contributed by atoms with E-state index in [9.17, 15) is 0 Å². The fraction of sp³-hybridized carbons (Fsp3) is 0.500. The zero-order valence-electron chi connectivity index (χ0n) is 11.1. The Morgan fingerprint density at radius 3 is 2.89 bits per heavy atom. The van der Waals surface area contributed by atoms with Gasteiger partial charge < -0.3 is 9.26 Å². The summed E-state index contributed by atoms with van der Waals surface area (Å²) in [5, 5.41) is 3.88. The molecular formula is C14H17I2NO2. The summed E-state index contributed by atoms with van der Waals surface area (Å²) in [5.74, 6) is 0.938. The summed E-state index contributed by atoms with van der Waals surface area (Å²) in [7, 11) is 0. The summed E-state index contributed by atoms with van der Waals surface area (Å²) in [4.78, 5) is 0. The first-order valence-electron chi connectivity index (χ1n) is 6.27. The highest BCUT2D eigenvalue weighted by Crippen LogP contribution is 2.38. The van der Waals surface area contributed by atoms with Crippen LogP contribution in [0.1, 0.15) is 31.2 Å². The standard InChI is InChI=1S/C14H17I2NO2/c1-10-6-12(15)9-14(16,8-10)18-5-3-4-13-7-11(2)17-19-13/h6-8H,3-5,9H2,1-2H3. The summed E-state index contributed by atoms with van der Waals surface area (Å²) >= 11 is 4.78. The summed E-state index contributed by atoms with van der Waals surface area (Å²) in [6.45, 7) is 4.79. The maximum atomic E-state index is 6.04. The minimum Gasteiger partial charge on any atom is -0.361 e. The van der Waals surface area contributed by atoms with Crippen LogP contribution in [0.3, 0.4) is 0 Å². The van der Waals surface area contributed by atoms with Crippen molar-refractivity contribution in [3.8, 4) is 0 Å². The van der Waals surface area contributed by atoms with E-state index in [1.165, 1.54) is 9.15 Å². The van der Waals surface area contributed by atoms with Gasteiger partial charge in [-0.05, 0) is 75.1 Å².